The number of urea groups is 1. The molecule has 8 heteroatoms. The van der Waals surface area contributed by atoms with E-state index in [2.05, 4.69) is 15.2 Å². The number of H-pyrrole nitrogens is 1. The van der Waals surface area contributed by atoms with Crippen LogP contribution in [0.25, 0.3) is 11.4 Å². The minimum atomic E-state index is -0.487. The Balaban J connectivity index is 1.49. The molecule has 2 fully saturated rings. The van der Waals surface area contributed by atoms with Gasteiger partial charge in [-0.25, -0.2) is 9.78 Å². The number of morpholine rings is 1. The summed E-state index contributed by atoms with van der Waals surface area (Å²) in [6, 6.07) is 9.60. The first kappa shape index (κ1) is 17.0. The van der Waals surface area contributed by atoms with E-state index in [1.807, 2.05) is 30.3 Å². The maximum absolute atomic E-state index is 13.6. The summed E-state index contributed by atoms with van der Waals surface area (Å²) in [6.45, 7) is 2.64. The number of hydrogen-bond donors (Lipinski definition) is 1. The van der Waals surface area contributed by atoms with Gasteiger partial charge in [0.05, 0.1) is 19.9 Å². The molecule has 2 amide bonds. The molecule has 0 unspecified atom stereocenters. The number of amides is 2. The van der Waals surface area contributed by atoms with Crippen molar-refractivity contribution in [2.45, 2.75) is 5.92 Å². The highest BCUT2D eigenvalue weighted by atomic mass is 19.1. The lowest BCUT2D eigenvalue weighted by Crippen LogP contribution is -2.47. The SMILES string of the molecule is O=C(N1CCOCC1)N1C[C@@H](CF)[C@H](c2nc(-c3ccccc3)n[nH]2)C1. The van der Waals surface area contributed by atoms with E-state index in [0.29, 0.717) is 51.0 Å². The molecule has 0 saturated carbocycles. The molecule has 0 spiro atoms. The lowest BCUT2D eigenvalue weighted by Gasteiger charge is -2.31. The Morgan fingerprint density at radius 1 is 1.19 bits per heavy atom. The van der Waals surface area contributed by atoms with Crippen molar-refractivity contribution < 1.29 is 13.9 Å². The first-order valence-corrected chi connectivity index (χ1v) is 8.91. The summed E-state index contributed by atoms with van der Waals surface area (Å²) in [4.78, 5) is 20.8. The number of nitrogens with zero attached hydrogens (tertiary/aromatic N) is 4. The second-order valence-electron chi connectivity index (χ2n) is 6.72. The summed E-state index contributed by atoms with van der Waals surface area (Å²) in [6.07, 6.45) is 0. The third-order valence-corrected chi connectivity index (χ3v) is 5.08. The average molecular weight is 359 g/mol. The molecule has 26 heavy (non-hydrogen) atoms. The van der Waals surface area contributed by atoms with Gasteiger partial charge in [0.25, 0.3) is 0 Å². The lowest BCUT2D eigenvalue weighted by molar-refractivity contribution is 0.0447. The van der Waals surface area contributed by atoms with Crippen molar-refractivity contribution in [2.75, 3.05) is 46.1 Å². The molecule has 2 saturated heterocycles. The first-order chi connectivity index (χ1) is 12.8. The monoisotopic (exact) mass is 359 g/mol. The number of aromatic amines is 1. The van der Waals surface area contributed by atoms with Gasteiger partial charge >= 0.3 is 6.03 Å². The molecule has 0 bridgehead atoms. The van der Waals surface area contributed by atoms with Crippen LogP contribution in [-0.4, -0.2) is 77.1 Å². The average Bonchev–Trinajstić information content (AvgIpc) is 3.35. The molecule has 138 valence electrons. The van der Waals surface area contributed by atoms with Crippen molar-refractivity contribution in [1.29, 1.82) is 0 Å². The number of halogens is 1. The van der Waals surface area contributed by atoms with Gasteiger partial charge in [0.15, 0.2) is 5.82 Å². The Morgan fingerprint density at radius 3 is 2.69 bits per heavy atom. The molecule has 1 aromatic heterocycles. The highest BCUT2D eigenvalue weighted by Crippen LogP contribution is 2.32. The minimum Gasteiger partial charge on any atom is -0.378 e. The lowest BCUT2D eigenvalue weighted by atomic mass is 9.97. The standard InChI is InChI=1S/C18H22FN5O2/c19-10-14-11-24(18(25)23-6-8-26-9-7-23)12-15(14)17-20-16(21-22-17)13-4-2-1-3-5-13/h1-5,14-15H,6-12H2,(H,20,21,22)/t14-,15-/m1/s1. The molecule has 3 heterocycles. The fourth-order valence-corrected chi connectivity index (χ4v) is 3.60. The molecule has 4 rings (SSSR count). The normalized spacial score (nSPS) is 23.4. The second-order valence-corrected chi connectivity index (χ2v) is 6.72. The zero-order valence-electron chi connectivity index (χ0n) is 14.5. The Kier molecular flexibility index (Phi) is 4.83. The third-order valence-electron chi connectivity index (χ3n) is 5.08. The fourth-order valence-electron chi connectivity index (χ4n) is 3.60. The van der Waals surface area contributed by atoms with E-state index in [1.165, 1.54) is 0 Å². The maximum atomic E-state index is 13.6. The van der Waals surface area contributed by atoms with Gasteiger partial charge < -0.3 is 14.5 Å². The Labute approximate surface area is 151 Å². The van der Waals surface area contributed by atoms with Gasteiger partial charge in [-0.1, -0.05) is 30.3 Å². The van der Waals surface area contributed by atoms with Crippen molar-refractivity contribution in [2.24, 2.45) is 5.92 Å². The first-order valence-electron chi connectivity index (χ1n) is 8.91. The topological polar surface area (TPSA) is 74.3 Å². The predicted octanol–water partition coefficient (Wildman–Crippen LogP) is 1.91. The van der Waals surface area contributed by atoms with Crippen LogP contribution in [0.3, 0.4) is 0 Å². The maximum Gasteiger partial charge on any atom is 0.320 e. The van der Waals surface area contributed by atoms with Crippen LogP contribution >= 0.6 is 0 Å². The molecule has 2 atom stereocenters. The molecule has 0 aliphatic carbocycles. The number of rotatable bonds is 3. The Morgan fingerprint density at radius 2 is 1.96 bits per heavy atom. The van der Waals surface area contributed by atoms with Crippen molar-refractivity contribution in [3.63, 3.8) is 0 Å². The number of aromatic nitrogens is 3. The summed E-state index contributed by atoms with van der Waals surface area (Å²) >= 11 is 0. The largest absolute Gasteiger partial charge is 0.378 e. The van der Waals surface area contributed by atoms with Crippen molar-refractivity contribution in [3.05, 3.63) is 36.2 Å². The van der Waals surface area contributed by atoms with Gasteiger partial charge in [0.1, 0.15) is 5.82 Å². The van der Waals surface area contributed by atoms with E-state index >= 15 is 0 Å². The summed E-state index contributed by atoms with van der Waals surface area (Å²) < 4.78 is 18.9. The van der Waals surface area contributed by atoms with E-state index in [1.54, 1.807) is 9.80 Å². The van der Waals surface area contributed by atoms with E-state index in [4.69, 9.17) is 4.74 Å². The van der Waals surface area contributed by atoms with Crippen molar-refractivity contribution >= 4 is 6.03 Å². The number of hydrogen-bond acceptors (Lipinski definition) is 4. The van der Waals surface area contributed by atoms with Gasteiger partial charge in [-0.15, -0.1) is 0 Å². The van der Waals surface area contributed by atoms with E-state index < -0.39 is 6.67 Å². The summed E-state index contributed by atoms with van der Waals surface area (Å²) in [7, 11) is 0. The van der Waals surface area contributed by atoms with E-state index in [-0.39, 0.29) is 17.9 Å². The molecule has 1 N–H and O–H groups in total. The minimum absolute atomic E-state index is 0.0444. The number of alkyl halides is 1. The van der Waals surface area contributed by atoms with Gasteiger partial charge in [-0.05, 0) is 0 Å². The van der Waals surface area contributed by atoms with Crippen LogP contribution in [0, 0.1) is 5.92 Å². The molecule has 2 aliphatic rings. The van der Waals surface area contributed by atoms with Crippen LogP contribution < -0.4 is 0 Å². The third kappa shape index (κ3) is 3.29. The Bertz CT molecular complexity index is 747. The highest BCUT2D eigenvalue weighted by Gasteiger charge is 2.39. The highest BCUT2D eigenvalue weighted by molar-refractivity contribution is 5.75. The van der Waals surface area contributed by atoms with Crippen LogP contribution in [0.4, 0.5) is 9.18 Å². The van der Waals surface area contributed by atoms with Crippen molar-refractivity contribution in [1.82, 2.24) is 25.0 Å². The molecule has 0 radical (unpaired) electrons. The second kappa shape index (κ2) is 7.41. The molecule has 7 nitrogen and oxygen atoms in total. The van der Waals surface area contributed by atoms with Crippen molar-refractivity contribution in [3.8, 4) is 11.4 Å². The van der Waals surface area contributed by atoms with Gasteiger partial charge in [-0.3, -0.25) is 9.49 Å². The van der Waals surface area contributed by atoms with Gasteiger partial charge in [0, 0.05) is 43.6 Å². The number of carbonyl (C=O) groups excluding carboxylic acids is 1. The number of benzene rings is 1. The molecule has 2 aromatic rings. The molecular formula is C18H22FN5O2. The number of nitrogens with one attached hydrogen (secondary N) is 1. The summed E-state index contributed by atoms with van der Waals surface area (Å²) in [5.41, 5.74) is 0.908. The summed E-state index contributed by atoms with van der Waals surface area (Å²) in [5, 5.41) is 7.22. The van der Waals surface area contributed by atoms with E-state index in [9.17, 15) is 9.18 Å². The van der Waals surface area contributed by atoms with Gasteiger partial charge in [0.2, 0.25) is 0 Å². The van der Waals surface area contributed by atoms with Crippen LogP contribution in [0.2, 0.25) is 0 Å². The molecular weight excluding hydrogens is 337 g/mol. The quantitative estimate of drug-likeness (QED) is 0.908. The number of carbonyl (C=O) groups is 1. The zero-order valence-corrected chi connectivity index (χ0v) is 14.5. The number of ether oxygens (including phenoxy) is 1. The molecule has 2 aliphatic heterocycles. The fraction of sp³-hybridized carbons (Fsp3) is 0.500. The molecule has 1 aromatic carbocycles. The van der Waals surface area contributed by atoms with E-state index in [0.717, 1.165) is 5.56 Å². The van der Waals surface area contributed by atoms with Crippen LogP contribution in [0.5, 0.6) is 0 Å². The number of likely N-dealkylation sites (tertiary alicyclic amines) is 1. The zero-order chi connectivity index (χ0) is 17.9. The predicted molar refractivity (Wildman–Crippen MR) is 93.4 cm³/mol. The summed E-state index contributed by atoms with van der Waals surface area (Å²) in [5.74, 6) is 0.798. The smallest absolute Gasteiger partial charge is 0.320 e. The van der Waals surface area contributed by atoms with Crippen LogP contribution in [-0.2, 0) is 4.74 Å². The Hall–Kier alpha value is -2.48. The van der Waals surface area contributed by atoms with Gasteiger partial charge in [-0.2, -0.15) is 5.10 Å². The van der Waals surface area contributed by atoms with Crippen LogP contribution in [0.15, 0.2) is 30.3 Å². The van der Waals surface area contributed by atoms with Crippen LogP contribution in [0.1, 0.15) is 11.7 Å².